The molecule has 0 saturated carbocycles. The molecule has 1 aliphatic heterocycles. The zero-order valence-corrected chi connectivity index (χ0v) is 11.1. The molecular weight excluding hydrogens is 224 g/mol. The molecule has 0 aliphatic carbocycles. The first-order chi connectivity index (χ1) is 8.79. The molecule has 0 N–H and O–H groups in total. The fourth-order valence-corrected chi connectivity index (χ4v) is 2.96. The first-order valence-corrected chi connectivity index (χ1v) is 6.84. The highest BCUT2D eigenvalue weighted by Crippen LogP contribution is 2.29. The van der Waals surface area contributed by atoms with Gasteiger partial charge >= 0.3 is 0 Å². The van der Waals surface area contributed by atoms with Crippen molar-refractivity contribution in [2.24, 2.45) is 0 Å². The summed E-state index contributed by atoms with van der Waals surface area (Å²) in [4.78, 5) is 11.6. The van der Waals surface area contributed by atoms with E-state index in [0.29, 0.717) is 6.04 Å². The second kappa shape index (κ2) is 4.69. The Morgan fingerprint density at radius 3 is 3.11 bits per heavy atom. The van der Waals surface area contributed by atoms with Crippen LogP contribution in [0.4, 0.5) is 0 Å². The van der Waals surface area contributed by atoms with Crippen LogP contribution in [0, 0.1) is 6.92 Å². The van der Waals surface area contributed by atoms with Crippen LogP contribution in [-0.4, -0.2) is 32.4 Å². The summed E-state index contributed by atoms with van der Waals surface area (Å²) in [6.07, 6.45) is 7.63. The third-order valence-electron chi connectivity index (χ3n) is 3.95. The second-order valence-electron chi connectivity index (χ2n) is 5.06. The minimum atomic E-state index is 0.476. The fourth-order valence-electron chi connectivity index (χ4n) is 2.96. The van der Waals surface area contributed by atoms with Gasteiger partial charge in [-0.1, -0.05) is 13.3 Å². The van der Waals surface area contributed by atoms with E-state index in [4.69, 9.17) is 4.98 Å². The third-order valence-corrected chi connectivity index (χ3v) is 3.95. The van der Waals surface area contributed by atoms with Crippen molar-refractivity contribution in [1.82, 2.24) is 19.3 Å². The van der Waals surface area contributed by atoms with Crippen LogP contribution in [0.15, 0.2) is 18.5 Å². The quantitative estimate of drug-likeness (QED) is 0.814. The van der Waals surface area contributed by atoms with Gasteiger partial charge in [0.15, 0.2) is 0 Å². The lowest BCUT2D eigenvalue weighted by Crippen LogP contribution is -2.33. The largest absolute Gasteiger partial charge is 0.295 e. The molecule has 4 heteroatoms. The van der Waals surface area contributed by atoms with E-state index >= 15 is 0 Å². The molecule has 0 amide bonds. The van der Waals surface area contributed by atoms with Crippen molar-refractivity contribution in [2.45, 2.75) is 39.2 Å². The Bertz CT molecular complexity index is 546. The first-order valence-electron chi connectivity index (χ1n) is 6.84. The standard InChI is InChI=1S/C14H20N4/c1-3-17-8-5-4-6-13(17)12-10-11(2)18-9-7-15-14(18)16-12/h7,9-10,13H,3-6,8H2,1-2H3/t13-/m1/s1. The maximum atomic E-state index is 4.73. The zero-order valence-electron chi connectivity index (χ0n) is 11.1. The highest BCUT2D eigenvalue weighted by molar-refractivity contribution is 5.33. The molecule has 4 nitrogen and oxygen atoms in total. The molecule has 1 fully saturated rings. The van der Waals surface area contributed by atoms with Crippen LogP contribution in [-0.2, 0) is 0 Å². The van der Waals surface area contributed by atoms with Crippen LogP contribution < -0.4 is 0 Å². The Balaban J connectivity index is 2.01. The molecule has 3 rings (SSSR count). The van der Waals surface area contributed by atoms with E-state index < -0.39 is 0 Å². The van der Waals surface area contributed by atoms with Crippen molar-refractivity contribution in [2.75, 3.05) is 13.1 Å². The highest BCUT2D eigenvalue weighted by Gasteiger charge is 2.24. The van der Waals surface area contributed by atoms with Gasteiger partial charge in [0.05, 0.1) is 11.7 Å². The monoisotopic (exact) mass is 244 g/mol. The SMILES string of the molecule is CCN1CCCC[C@@H]1c1cc(C)n2ccnc2n1. The average molecular weight is 244 g/mol. The Hall–Kier alpha value is -1.42. The van der Waals surface area contributed by atoms with Crippen molar-refractivity contribution >= 4 is 5.78 Å². The molecule has 18 heavy (non-hydrogen) atoms. The van der Waals surface area contributed by atoms with Crippen LogP contribution in [0.25, 0.3) is 5.78 Å². The van der Waals surface area contributed by atoms with E-state index in [1.165, 1.54) is 37.2 Å². The van der Waals surface area contributed by atoms with Gasteiger partial charge in [-0.2, -0.15) is 0 Å². The van der Waals surface area contributed by atoms with Gasteiger partial charge in [0, 0.05) is 18.1 Å². The second-order valence-corrected chi connectivity index (χ2v) is 5.06. The molecule has 0 radical (unpaired) electrons. The van der Waals surface area contributed by atoms with Gasteiger partial charge in [0.25, 0.3) is 0 Å². The van der Waals surface area contributed by atoms with Gasteiger partial charge in [0.1, 0.15) is 0 Å². The number of imidazole rings is 1. The molecule has 0 bridgehead atoms. The summed E-state index contributed by atoms with van der Waals surface area (Å²) in [6.45, 7) is 6.66. The molecule has 1 atom stereocenters. The van der Waals surface area contributed by atoms with Crippen LogP contribution in [0.5, 0.6) is 0 Å². The Morgan fingerprint density at radius 1 is 1.39 bits per heavy atom. The number of piperidine rings is 1. The molecule has 3 heterocycles. The number of aryl methyl sites for hydroxylation is 1. The molecule has 2 aromatic rings. The summed E-state index contributed by atoms with van der Waals surface area (Å²) in [5.41, 5.74) is 2.40. The highest BCUT2D eigenvalue weighted by atomic mass is 15.2. The maximum absolute atomic E-state index is 4.73. The summed E-state index contributed by atoms with van der Waals surface area (Å²) >= 11 is 0. The Morgan fingerprint density at radius 2 is 2.28 bits per heavy atom. The molecule has 1 aliphatic rings. The third kappa shape index (κ3) is 1.90. The van der Waals surface area contributed by atoms with E-state index in [-0.39, 0.29) is 0 Å². The smallest absolute Gasteiger partial charge is 0.234 e. The van der Waals surface area contributed by atoms with Crippen LogP contribution >= 0.6 is 0 Å². The molecule has 2 aromatic heterocycles. The van der Waals surface area contributed by atoms with Gasteiger partial charge in [-0.25, -0.2) is 9.97 Å². The number of hydrogen-bond donors (Lipinski definition) is 0. The predicted molar refractivity (Wildman–Crippen MR) is 71.6 cm³/mol. The zero-order chi connectivity index (χ0) is 12.5. The number of likely N-dealkylation sites (tertiary alicyclic amines) is 1. The van der Waals surface area contributed by atoms with E-state index in [1.54, 1.807) is 0 Å². The summed E-state index contributed by atoms with van der Waals surface area (Å²) in [6, 6.07) is 2.69. The first kappa shape index (κ1) is 11.7. The van der Waals surface area contributed by atoms with E-state index in [0.717, 1.165) is 12.3 Å². The number of nitrogens with zero attached hydrogens (tertiary/aromatic N) is 4. The van der Waals surface area contributed by atoms with Crippen molar-refractivity contribution in [3.63, 3.8) is 0 Å². The minimum absolute atomic E-state index is 0.476. The maximum Gasteiger partial charge on any atom is 0.234 e. The predicted octanol–water partition coefficient (Wildman–Crippen LogP) is 2.58. The van der Waals surface area contributed by atoms with Crippen molar-refractivity contribution in [1.29, 1.82) is 0 Å². The summed E-state index contributed by atoms with van der Waals surface area (Å²) in [5, 5.41) is 0. The molecule has 96 valence electrons. The lowest BCUT2D eigenvalue weighted by atomic mass is 9.99. The molecule has 0 aromatic carbocycles. The van der Waals surface area contributed by atoms with Crippen molar-refractivity contribution < 1.29 is 0 Å². The van der Waals surface area contributed by atoms with Crippen LogP contribution in [0.3, 0.4) is 0 Å². The van der Waals surface area contributed by atoms with Crippen LogP contribution in [0.2, 0.25) is 0 Å². The topological polar surface area (TPSA) is 33.4 Å². The van der Waals surface area contributed by atoms with E-state index in [9.17, 15) is 0 Å². The van der Waals surface area contributed by atoms with Gasteiger partial charge in [-0.05, 0) is 38.9 Å². The molecule has 0 unspecified atom stereocenters. The van der Waals surface area contributed by atoms with Crippen molar-refractivity contribution in [3.8, 4) is 0 Å². The van der Waals surface area contributed by atoms with Crippen molar-refractivity contribution in [3.05, 3.63) is 29.8 Å². The minimum Gasteiger partial charge on any atom is -0.295 e. The van der Waals surface area contributed by atoms with Gasteiger partial charge < -0.3 is 0 Å². The van der Waals surface area contributed by atoms with E-state index in [1.807, 2.05) is 16.8 Å². The van der Waals surface area contributed by atoms with Gasteiger partial charge in [0.2, 0.25) is 5.78 Å². The average Bonchev–Trinajstić information content (AvgIpc) is 2.87. The van der Waals surface area contributed by atoms with Gasteiger partial charge in [-0.3, -0.25) is 9.30 Å². The summed E-state index contributed by atoms with van der Waals surface area (Å²) in [7, 11) is 0. The number of hydrogen-bond acceptors (Lipinski definition) is 3. The normalized spacial score (nSPS) is 21.6. The summed E-state index contributed by atoms with van der Waals surface area (Å²) in [5.74, 6) is 0.826. The van der Waals surface area contributed by atoms with Gasteiger partial charge in [-0.15, -0.1) is 0 Å². The van der Waals surface area contributed by atoms with Crippen LogP contribution in [0.1, 0.15) is 43.6 Å². The number of aromatic nitrogens is 3. The molecule has 1 saturated heterocycles. The fraction of sp³-hybridized carbons (Fsp3) is 0.571. The Kier molecular flexibility index (Phi) is 3.04. The lowest BCUT2D eigenvalue weighted by Gasteiger charge is -2.34. The summed E-state index contributed by atoms with van der Waals surface area (Å²) < 4.78 is 2.04. The number of rotatable bonds is 2. The lowest BCUT2D eigenvalue weighted by molar-refractivity contribution is 0.154. The Labute approximate surface area is 108 Å². The van der Waals surface area contributed by atoms with E-state index in [2.05, 4.69) is 29.8 Å². The molecular formula is C14H20N4. The molecule has 0 spiro atoms. The number of fused-ring (bicyclic) bond motifs is 1.